The maximum atomic E-state index is 6.31. The molecule has 0 unspecified atom stereocenters. The second-order valence-electron chi connectivity index (χ2n) is 5.48. The van der Waals surface area contributed by atoms with Crippen LogP contribution in [0.5, 0.6) is 0 Å². The molecule has 1 heterocycles. The molecular formula is C16H15Br2ClN2. The monoisotopic (exact) mass is 428 g/mol. The normalized spacial score (nSPS) is 15.6. The zero-order valence-electron chi connectivity index (χ0n) is 11.7. The molecule has 5 heteroatoms. The van der Waals surface area contributed by atoms with Crippen molar-refractivity contribution < 1.29 is 0 Å². The molecular weight excluding hydrogens is 415 g/mol. The predicted octanol–water partition coefficient (Wildman–Crippen LogP) is 6.29. The zero-order valence-corrected chi connectivity index (χ0v) is 15.6. The van der Waals surface area contributed by atoms with Crippen molar-refractivity contribution in [1.82, 2.24) is 9.97 Å². The third-order valence-corrected chi connectivity index (χ3v) is 6.15. The highest BCUT2D eigenvalue weighted by Gasteiger charge is 2.23. The lowest BCUT2D eigenvalue weighted by Crippen LogP contribution is -2.03. The van der Waals surface area contributed by atoms with Crippen molar-refractivity contribution in [2.24, 2.45) is 0 Å². The SMILES string of the molecule is Cc1ccc(-c2nc(Cl)c(Br)c(C3CCCC3)n2)cc1Br. The summed E-state index contributed by atoms with van der Waals surface area (Å²) >= 11 is 13.4. The first kappa shape index (κ1) is 15.4. The van der Waals surface area contributed by atoms with Gasteiger partial charge < -0.3 is 0 Å². The summed E-state index contributed by atoms with van der Waals surface area (Å²) in [5.74, 6) is 1.19. The molecule has 0 N–H and O–H groups in total. The van der Waals surface area contributed by atoms with Crippen molar-refractivity contribution in [2.75, 3.05) is 0 Å². The van der Waals surface area contributed by atoms with Gasteiger partial charge in [-0.2, -0.15) is 0 Å². The van der Waals surface area contributed by atoms with E-state index in [2.05, 4.69) is 49.8 Å². The number of aromatic nitrogens is 2. The van der Waals surface area contributed by atoms with Crippen LogP contribution in [0.2, 0.25) is 5.15 Å². The highest BCUT2D eigenvalue weighted by Crippen LogP contribution is 2.39. The molecule has 1 saturated carbocycles. The maximum Gasteiger partial charge on any atom is 0.161 e. The average Bonchev–Trinajstić information content (AvgIpc) is 2.98. The highest BCUT2D eigenvalue weighted by molar-refractivity contribution is 9.10. The first-order chi connectivity index (χ1) is 10.1. The number of benzene rings is 1. The van der Waals surface area contributed by atoms with Crippen LogP contribution in [0.3, 0.4) is 0 Å². The number of hydrogen-bond donors (Lipinski definition) is 0. The van der Waals surface area contributed by atoms with Crippen LogP contribution in [0.25, 0.3) is 11.4 Å². The van der Waals surface area contributed by atoms with Gasteiger partial charge in [0.2, 0.25) is 0 Å². The van der Waals surface area contributed by atoms with Crippen LogP contribution < -0.4 is 0 Å². The van der Waals surface area contributed by atoms with Crippen molar-refractivity contribution in [3.05, 3.63) is 43.6 Å². The molecule has 1 aromatic heterocycles. The number of hydrogen-bond acceptors (Lipinski definition) is 2. The van der Waals surface area contributed by atoms with Crippen molar-refractivity contribution >= 4 is 43.5 Å². The molecule has 1 aliphatic rings. The van der Waals surface area contributed by atoms with E-state index in [1.807, 2.05) is 12.1 Å². The molecule has 0 amide bonds. The molecule has 2 nitrogen and oxygen atoms in total. The fourth-order valence-corrected chi connectivity index (χ4v) is 3.82. The van der Waals surface area contributed by atoms with E-state index in [4.69, 9.17) is 16.6 Å². The van der Waals surface area contributed by atoms with E-state index in [1.54, 1.807) is 0 Å². The van der Waals surface area contributed by atoms with Crippen molar-refractivity contribution in [3.8, 4) is 11.4 Å². The molecule has 21 heavy (non-hydrogen) atoms. The van der Waals surface area contributed by atoms with Gasteiger partial charge in [-0.15, -0.1) is 0 Å². The van der Waals surface area contributed by atoms with E-state index in [0.29, 0.717) is 16.9 Å². The Kier molecular flexibility index (Phi) is 4.67. The van der Waals surface area contributed by atoms with Gasteiger partial charge in [-0.25, -0.2) is 9.97 Å². The Labute approximate surface area is 146 Å². The van der Waals surface area contributed by atoms with Crippen molar-refractivity contribution in [1.29, 1.82) is 0 Å². The van der Waals surface area contributed by atoms with E-state index >= 15 is 0 Å². The van der Waals surface area contributed by atoms with Crippen LogP contribution in [0, 0.1) is 6.92 Å². The molecule has 0 saturated heterocycles. The van der Waals surface area contributed by atoms with Crippen LogP contribution >= 0.6 is 43.5 Å². The predicted molar refractivity (Wildman–Crippen MR) is 93.8 cm³/mol. The van der Waals surface area contributed by atoms with Gasteiger partial charge in [0.15, 0.2) is 5.82 Å². The molecule has 2 aromatic rings. The summed E-state index contributed by atoms with van der Waals surface area (Å²) in [4.78, 5) is 9.23. The van der Waals surface area contributed by atoms with Crippen LogP contribution in [-0.2, 0) is 0 Å². The van der Waals surface area contributed by atoms with Crippen LogP contribution in [0.1, 0.15) is 42.9 Å². The van der Waals surface area contributed by atoms with E-state index in [9.17, 15) is 0 Å². The first-order valence-electron chi connectivity index (χ1n) is 7.05. The van der Waals surface area contributed by atoms with Gasteiger partial charge in [0, 0.05) is 16.0 Å². The standard InChI is InChI=1S/C16H15Br2ClN2/c1-9-6-7-11(8-12(9)17)16-20-14(10-4-2-3-5-10)13(18)15(19)21-16/h6-8,10H,2-5H2,1H3. The van der Waals surface area contributed by atoms with E-state index < -0.39 is 0 Å². The third-order valence-electron chi connectivity index (χ3n) is 4.01. The van der Waals surface area contributed by atoms with Crippen molar-refractivity contribution in [2.45, 2.75) is 38.5 Å². The van der Waals surface area contributed by atoms with Gasteiger partial charge in [0.05, 0.1) is 10.2 Å². The van der Waals surface area contributed by atoms with Crippen molar-refractivity contribution in [3.63, 3.8) is 0 Å². The summed E-state index contributed by atoms with van der Waals surface area (Å²) in [7, 11) is 0. The Hall–Kier alpha value is -0.450. The summed E-state index contributed by atoms with van der Waals surface area (Å²) in [6.45, 7) is 2.06. The van der Waals surface area contributed by atoms with Gasteiger partial charge in [0.1, 0.15) is 5.15 Å². The molecule has 0 spiro atoms. The molecule has 1 aromatic carbocycles. The fourth-order valence-electron chi connectivity index (χ4n) is 2.77. The summed E-state index contributed by atoms with van der Waals surface area (Å²) in [6, 6.07) is 6.15. The second kappa shape index (κ2) is 6.35. The minimum Gasteiger partial charge on any atom is -0.231 e. The molecule has 110 valence electrons. The average molecular weight is 431 g/mol. The lowest BCUT2D eigenvalue weighted by molar-refractivity contribution is 0.691. The smallest absolute Gasteiger partial charge is 0.161 e. The lowest BCUT2D eigenvalue weighted by atomic mass is 10.0. The van der Waals surface area contributed by atoms with E-state index in [-0.39, 0.29) is 0 Å². The Bertz CT molecular complexity index is 682. The van der Waals surface area contributed by atoms with E-state index in [0.717, 1.165) is 20.2 Å². The number of rotatable bonds is 2. The molecule has 1 aliphatic carbocycles. The largest absolute Gasteiger partial charge is 0.231 e. The summed E-state index contributed by atoms with van der Waals surface area (Å²) in [5, 5.41) is 0.499. The van der Waals surface area contributed by atoms with Gasteiger partial charge in [0.25, 0.3) is 0 Å². The topological polar surface area (TPSA) is 25.8 Å². The first-order valence-corrected chi connectivity index (χ1v) is 9.02. The number of nitrogens with zero attached hydrogens (tertiary/aromatic N) is 2. The van der Waals surface area contributed by atoms with Crippen LogP contribution in [0.15, 0.2) is 27.1 Å². The Morgan fingerprint density at radius 3 is 2.52 bits per heavy atom. The zero-order chi connectivity index (χ0) is 15.0. The van der Waals surface area contributed by atoms with Gasteiger partial charge in [-0.05, 0) is 47.3 Å². The van der Waals surface area contributed by atoms with Gasteiger partial charge in [-0.3, -0.25) is 0 Å². The van der Waals surface area contributed by atoms with Gasteiger partial charge >= 0.3 is 0 Å². The molecule has 0 aliphatic heterocycles. The summed E-state index contributed by atoms with van der Waals surface area (Å²) in [6.07, 6.45) is 4.90. The highest BCUT2D eigenvalue weighted by atomic mass is 79.9. The maximum absolute atomic E-state index is 6.31. The quantitative estimate of drug-likeness (QED) is 0.524. The molecule has 0 atom stereocenters. The lowest BCUT2D eigenvalue weighted by Gasteiger charge is -2.13. The van der Waals surface area contributed by atoms with Crippen LogP contribution in [-0.4, -0.2) is 9.97 Å². The molecule has 0 radical (unpaired) electrons. The Morgan fingerprint density at radius 1 is 1.14 bits per heavy atom. The van der Waals surface area contributed by atoms with Crippen LogP contribution in [0.4, 0.5) is 0 Å². The second-order valence-corrected chi connectivity index (χ2v) is 7.49. The minimum atomic E-state index is 0.493. The molecule has 1 fully saturated rings. The van der Waals surface area contributed by atoms with E-state index in [1.165, 1.54) is 31.2 Å². The number of halogens is 3. The number of aryl methyl sites for hydroxylation is 1. The Morgan fingerprint density at radius 2 is 1.86 bits per heavy atom. The molecule has 3 rings (SSSR count). The molecule has 0 bridgehead atoms. The summed E-state index contributed by atoms with van der Waals surface area (Å²) in [5.41, 5.74) is 3.23. The summed E-state index contributed by atoms with van der Waals surface area (Å²) < 4.78 is 1.91. The minimum absolute atomic E-state index is 0.493. The third kappa shape index (κ3) is 3.17. The van der Waals surface area contributed by atoms with Gasteiger partial charge in [-0.1, -0.05) is 52.5 Å². The fraction of sp³-hybridized carbons (Fsp3) is 0.375. The Balaban J connectivity index is 2.08.